The Balaban J connectivity index is 1.80. The SMILES string of the molecule is CCOc1ccc(Cl)cc1-n1c(C=C(C)C)c(C(=O)N2CCNCC2)cc(-c2nc(-c3ccc(Cl)cc3)cs2)c1=O. The van der Waals surface area contributed by atoms with Crippen LogP contribution in [0.4, 0.5) is 0 Å². The van der Waals surface area contributed by atoms with Gasteiger partial charge in [-0.15, -0.1) is 11.3 Å². The summed E-state index contributed by atoms with van der Waals surface area (Å²) in [5, 5.41) is 6.77. The number of ether oxygens (including phenoxy) is 1. The minimum absolute atomic E-state index is 0.150. The van der Waals surface area contributed by atoms with E-state index in [1.807, 2.05) is 49.3 Å². The predicted molar refractivity (Wildman–Crippen MR) is 168 cm³/mol. The van der Waals surface area contributed by atoms with Gasteiger partial charge in [0.1, 0.15) is 10.8 Å². The van der Waals surface area contributed by atoms with E-state index in [0.717, 1.165) is 11.1 Å². The first-order chi connectivity index (χ1) is 19.8. The van der Waals surface area contributed by atoms with Crippen molar-refractivity contribution in [3.8, 4) is 33.3 Å². The minimum atomic E-state index is -0.324. The lowest BCUT2D eigenvalue weighted by Gasteiger charge is -2.29. The summed E-state index contributed by atoms with van der Waals surface area (Å²) in [7, 11) is 0. The first-order valence-electron chi connectivity index (χ1n) is 13.4. The molecule has 3 heterocycles. The van der Waals surface area contributed by atoms with Crippen LogP contribution in [-0.4, -0.2) is 53.1 Å². The molecule has 1 N–H and O–H groups in total. The van der Waals surface area contributed by atoms with Crippen molar-refractivity contribution in [1.29, 1.82) is 0 Å². The molecule has 4 aromatic rings. The standard InChI is InChI=1S/C31H30Cl2N4O3S/c1-4-40-28-10-9-22(33)16-27(28)37-26(15-19(2)3)23(30(38)36-13-11-34-12-14-36)17-24(31(37)39)29-35-25(18-41-29)20-5-7-21(32)8-6-20/h5-10,15-18,34H,4,11-14H2,1-3H3. The summed E-state index contributed by atoms with van der Waals surface area (Å²) >= 11 is 13.9. The molecule has 1 fully saturated rings. The van der Waals surface area contributed by atoms with E-state index in [4.69, 9.17) is 32.9 Å². The molecule has 10 heteroatoms. The fourth-order valence-corrected chi connectivity index (χ4v) is 5.87. The van der Waals surface area contributed by atoms with Gasteiger partial charge in [0.15, 0.2) is 0 Å². The van der Waals surface area contributed by atoms with Gasteiger partial charge in [-0.25, -0.2) is 4.98 Å². The first-order valence-corrected chi connectivity index (χ1v) is 15.0. The highest BCUT2D eigenvalue weighted by molar-refractivity contribution is 7.13. The van der Waals surface area contributed by atoms with E-state index >= 15 is 0 Å². The number of halogens is 2. The number of carbonyl (C=O) groups is 1. The Morgan fingerprint density at radius 1 is 1.07 bits per heavy atom. The van der Waals surface area contributed by atoms with Crippen molar-refractivity contribution in [3.63, 3.8) is 0 Å². The van der Waals surface area contributed by atoms with Crippen LogP contribution in [0.5, 0.6) is 5.75 Å². The first kappa shape index (κ1) is 29.1. The highest BCUT2D eigenvalue weighted by Crippen LogP contribution is 2.33. The van der Waals surface area contributed by atoms with Crippen LogP contribution in [0.2, 0.25) is 10.0 Å². The van der Waals surface area contributed by atoms with Gasteiger partial charge < -0.3 is 15.0 Å². The number of thiazole rings is 1. The van der Waals surface area contributed by atoms with Crippen LogP contribution in [0, 0.1) is 0 Å². The number of aromatic nitrogens is 2. The quantitative estimate of drug-likeness (QED) is 0.250. The average Bonchev–Trinajstić information content (AvgIpc) is 3.45. The van der Waals surface area contributed by atoms with Crippen LogP contribution in [0.15, 0.2) is 64.3 Å². The molecule has 5 rings (SSSR count). The number of hydrogen-bond donors (Lipinski definition) is 1. The van der Waals surface area contributed by atoms with Crippen molar-refractivity contribution in [2.24, 2.45) is 0 Å². The number of hydrogen-bond acceptors (Lipinski definition) is 6. The predicted octanol–water partition coefficient (Wildman–Crippen LogP) is 6.80. The molecule has 2 aromatic carbocycles. The summed E-state index contributed by atoms with van der Waals surface area (Å²) in [6.07, 6.45) is 1.86. The van der Waals surface area contributed by atoms with Gasteiger partial charge in [0.25, 0.3) is 11.5 Å². The van der Waals surface area contributed by atoms with Crippen molar-refractivity contribution < 1.29 is 9.53 Å². The molecule has 2 aromatic heterocycles. The number of amides is 1. The van der Waals surface area contributed by atoms with Gasteiger partial charge in [-0.3, -0.25) is 14.2 Å². The largest absolute Gasteiger partial charge is 0.492 e. The molecule has 1 saturated heterocycles. The van der Waals surface area contributed by atoms with Crippen molar-refractivity contribution in [2.45, 2.75) is 20.8 Å². The third kappa shape index (κ3) is 6.26. The third-order valence-corrected chi connectivity index (χ3v) is 8.00. The van der Waals surface area contributed by atoms with Crippen LogP contribution >= 0.6 is 34.5 Å². The molecule has 0 aliphatic carbocycles. The van der Waals surface area contributed by atoms with Gasteiger partial charge in [-0.05, 0) is 63.2 Å². The number of rotatable bonds is 7. The van der Waals surface area contributed by atoms with E-state index in [2.05, 4.69) is 5.32 Å². The molecule has 1 aliphatic rings. The molecule has 41 heavy (non-hydrogen) atoms. The molecular formula is C31H30Cl2N4O3S. The van der Waals surface area contributed by atoms with Gasteiger partial charge in [0.05, 0.1) is 34.8 Å². The Morgan fingerprint density at radius 2 is 1.78 bits per heavy atom. The van der Waals surface area contributed by atoms with Crippen molar-refractivity contribution in [2.75, 3.05) is 32.8 Å². The van der Waals surface area contributed by atoms with Gasteiger partial charge in [0.2, 0.25) is 0 Å². The second-order valence-electron chi connectivity index (χ2n) is 9.85. The van der Waals surface area contributed by atoms with Gasteiger partial charge in [0, 0.05) is 47.2 Å². The topological polar surface area (TPSA) is 76.5 Å². The van der Waals surface area contributed by atoms with Crippen LogP contribution in [0.3, 0.4) is 0 Å². The lowest BCUT2D eigenvalue weighted by atomic mass is 10.0. The molecule has 212 valence electrons. The van der Waals surface area contributed by atoms with Crippen LogP contribution < -0.4 is 15.6 Å². The average molecular weight is 610 g/mol. The highest BCUT2D eigenvalue weighted by Gasteiger charge is 2.27. The summed E-state index contributed by atoms with van der Waals surface area (Å²) in [5.41, 5.74) is 3.87. The van der Waals surface area contributed by atoms with Crippen molar-refractivity contribution in [3.05, 3.63) is 91.1 Å². The van der Waals surface area contributed by atoms with E-state index in [0.29, 0.717) is 81.8 Å². The Hall–Kier alpha value is -3.43. The number of piperazine rings is 1. The van der Waals surface area contributed by atoms with Gasteiger partial charge in [-0.1, -0.05) is 40.9 Å². The fourth-order valence-electron chi connectivity index (χ4n) is 4.74. The lowest BCUT2D eigenvalue weighted by molar-refractivity contribution is 0.0735. The van der Waals surface area contributed by atoms with Gasteiger partial charge in [-0.2, -0.15) is 0 Å². The molecule has 0 radical (unpaired) electrons. The monoisotopic (exact) mass is 608 g/mol. The number of nitrogens with one attached hydrogen (secondary N) is 1. The van der Waals surface area contributed by atoms with E-state index in [-0.39, 0.29) is 11.5 Å². The third-order valence-electron chi connectivity index (χ3n) is 6.64. The maximum absolute atomic E-state index is 14.4. The molecule has 0 bridgehead atoms. The normalized spacial score (nSPS) is 13.2. The Labute approximate surface area is 253 Å². The summed E-state index contributed by atoms with van der Waals surface area (Å²) in [6, 6.07) is 14.2. The number of pyridine rings is 1. The zero-order valence-corrected chi connectivity index (χ0v) is 25.4. The van der Waals surface area contributed by atoms with E-state index in [1.165, 1.54) is 15.9 Å². The maximum Gasteiger partial charge on any atom is 0.266 e. The molecule has 0 unspecified atom stereocenters. The molecule has 1 amide bonds. The zero-order chi connectivity index (χ0) is 29.1. The van der Waals surface area contributed by atoms with Crippen LogP contribution in [0.1, 0.15) is 36.8 Å². The van der Waals surface area contributed by atoms with E-state index in [9.17, 15) is 9.59 Å². The lowest BCUT2D eigenvalue weighted by Crippen LogP contribution is -2.47. The Morgan fingerprint density at radius 3 is 2.46 bits per heavy atom. The Kier molecular flexibility index (Phi) is 8.94. The summed E-state index contributed by atoms with van der Waals surface area (Å²) in [5.74, 6) is 0.338. The van der Waals surface area contributed by atoms with Crippen molar-refractivity contribution in [1.82, 2.24) is 19.8 Å². The van der Waals surface area contributed by atoms with E-state index in [1.54, 1.807) is 36.4 Å². The second-order valence-corrected chi connectivity index (χ2v) is 11.6. The Bertz CT molecular complexity index is 1670. The number of benzene rings is 2. The molecule has 0 spiro atoms. The summed E-state index contributed by atoms with van der Waals surface area (Å²) in [6.45, 7) is 8.69. The number of nitrogens with zero attached hydrogens (tertiary/aromatic N) is 3. The summed E-state index contributed by atoms with van der Waals surface area (Å²) < 4.78 is 7.47. The summed E-state index contributed by atoms with van der Waals surface area (Å²) in [4.78, 5) is 35.1. The fraction of sp³-hybridized carbons (Fsp3) is 0.258. The van der Waals surface area contributed by atoms with Gasteiger partial charge >= 0.3 is 0 Å². The number of carbonyl (C=O) groups excluding carboxylic acids is 1. The smallest absolute Gasteiger partial charge is 0.266 e. The molecule has 0 saturated carbocycles. The molecule has 7 nitrogen and oxygen atoms in total. The maximum atomic E-state index is 14.4. The molecule has 1 aliphatic heterocycles. The van der Waals surface area contributed by atoms with Crippen LogP contribution in [0.25, 0.3) is 33.6 Å². The number of allylic oxidation sites excluding steroid dienone is 1. The van der Waals surface area contributed by atoms with E-state index < -0.39 is 0 Å². The zero-order valence-electron chi connectivity index (χ0n) is 23.0. The molecular weight excluding hydrogens is 579 g/mol. The van der Waals surface area contributed by atoms with Crippen molar-refractivity contribution >= 4 is 46.5 Å². The minimum Gasteiger partial charge on any atom is -0.492 e. The highest BCUT2D eigenvalue weighted by atomic mass is 35.5. The van der Waals surface area contributed by atoms with Crippen LogP contribution in [-0.2, 0) is 0 Å². The molecule has 0 atom stereocenters. The second kappa shape index (κ2) is 12.6.